The molecule has 7 nitrogen and oxygen atoms in total. The summed E-state index contributed by atoms with van der Waals surface area (Å²) >= 11 is 0. The first kappa shape index (κ1) is 23.8. The van der Waals surface area contributed by atoms with Crippen molar-refractivity contribution in [3.8, 4) is 11.5 Å². The number of hydrogen-bond donors (Lipinski definition) is 1. The molecule has 0 radical (unpaired) electrons. The highest BCUT2D eigenvalue weighted by Gasteiger charge is 2.38. The molecule has 1 saturated heterocycles. The Bertz CT molecular complexity index is 1300. The smallest absolute Gasteiger partial charge is 0.263 e. The van der Waals surface area contributed by atoms with Crippen LogP contribution in [0.1, 0.15) is 31.8 Å². The Morgan fingerprint density at radius 3 is 2.44 bits per heavy atom. The molecule has 2 amide bonds. The number of imide groups is 1. The fraction of sp³-hybridized carbons (Fsp3) is 0.286. The third-order valence-electron chi connectivity index (χ3n) is 6.85. The average molecular weight is 490 g/mol. The van der Waals surface area contributed by atoms with Crippen LogP contribution in [0, 0.1) is 5.82 Å². The second-order valence-electron chi connectivity index (χ2n) is 9.11. The van der Waals surface area contributed by atoms with E-state index in [4.69, 9.17) is 4.74 Å². The summed E-state index contributed by atoms with van der Waals surface area (Å²) in [4.78, 5) is 32.1. The van der Waals surface area contributed by atoms with Crippen molar-refractivity contribution in [3.63, 3.8) is 0 Å². The molecule has 0 aromatic heterocycles. The van der Waals surface area contributed by atoms with Crippen molar-refractivity contribution in [2.24, 2.45) is 0 Å². The predicted octanol–water partition coefficient (Wildman–Crippen LogP) is 3.70. The Morgan fingerprint density at radius 2 is 1.69 bits per heavy atom. The number of ether oxygens (including phenoxy) is 1. The lowest BCUT2D eigenvalue weighted by atomic mass is 10.1. The van der Waals surface area contributed by atoms with E-state index in [-0.39, 0.29) is 29.9 Å². The maximum atomic E-state index is 13.5. The van der Waals surface area contributed by atoms with Gasteiger partial charge in [-0.3, -0.25) is 19.4 Å². The molecular formula is C28H28FN3O4. The van der Waals surface area contributed by atoms with Gasteiger partial charge < -0.3 is 14.7 Å². The summed E-state index contributed by atoms with van der Waals surface area (Å²) in [7, 11) is 1.53. The zero-order valence-corrected chi connectivity index (χ0v) is 20.1. The van der Waals surface area contributed by atoms with Gasteiger partial charge in [0.25, 0.3) is 11.8 Å². The summed E-state index contributed by atoms with van der Waals surface area (Å²) < 4.78 is 18.7. The number of benzene rings is 3. The van der Waals surface area contributed by atoms with Crippen LogP contribution in [-0.4, -0.2) is 66.6 Å². The van der Waals surface area contributed by atoms with E-state index < -0.39 is 0 Å². The van der Waals surface area contributed by atoms with Crippen LogP contribution in [0.4, 0.5) is 10.1 Å². The van der Waals surface area contributed by atoms with Crippen molar-refractivity contribution in [1.29, 1.82) is 0 Å². The van der Waals surface area contributed by atoms with Gasteiger partial charge in [0, 0.05) is 39.3 Å². The molecule has 8 heteroatoms. The molecule has 3 aromatic carbocycles. The van der Waals surface area contributed by atoms with E-state index in [1.54, 1.807) is 24.3 Å². The molecule has 0 atom stereocenters. The fourth-order valence-electron chi connectivity index (χ4n) is 4.94. The van der Waals surface area contributed by atoms with E-state index >= 15 is 0 Å². The molecule has 36 heavy (non-hydrogen) atoms. The number of hydrogen-bond acceptors (Lipinski definition) is 6. The molecule has 1 N–H and O–H groups in total. The predicted molar refractivity (Wildman–Crippen MR) is 134 cm³/mol. The molecule has 186 valence electrons. The van der Waals surface area contributed by atoms with E-state index in [0.29, 0.717) is 23.3 Å². The van der Waals surface area contributed by atoms with Crippen LogP contribution in [0.2, 0.25) is 0 Å². The first-order chi connectivity index (χ1) is 17.4. The molecule has 2 aliphatic heterocycles. The number of aromatic hydroxyl groups is 1. The third-order valence-corrected chi connectivity index (χ3v) is 6.85. The number of anilines is 1. The Labute approximate surface area is 209 Å². The molecule has 3 aromatic rings. The lowest BCUT2D eigenvalue weighted by Gasteiger charge is -2.36. The molecule has 0 bridgehead atoms. The highest BCUT2D eigenvalue weighted by molar-refractivity contribution is 6.23. The second-order valence-corrected chi connectivity index (χ2v) is 9.11. The number of nitrogens with zero attached hydrogens (tertiary/aromatic N) is 3. The van der Waals surface area contributed by atoms with Gasteiger partial charge in [0.2, 0.25) is 0 Å². The van der Waals surface area contributed by atoms with Crippen LogP contribution in [0.3, 0.4) is 0 Å². The fourth-order valence-corrected chi connectivity index (χ4v) is 4.94. The van der Waals surface area contributed by atoms with Gasteiger partial charge >= 0.3 is 0 Å². The van der Waals surface area contributed by atoms with Crippen molar-refractivity contribution in [2.45, 2.75) is 13.0 Å². The minimum Gasteiger partial charge on any atom is -0.504 e. The summed E-state index contributed by atoms with van der Waals surface area (Å²) in [5.41, 5.74) is 3.46. The molecule has 2 aliphatic rings. The highest BCUT2D eigenvalue weighted by atomic mass is 19.1. The number of phenols is 1. The first-order valence-electron chi connectivity index (χ1n) is 12.0. The molecule has 2 heterocycles. The van der Waals surface area contributed by atoms with Crippen molar-refractivity contribution in [3.05, 3.63) is 88.7 Å². The van der Waals surface area contributed by atoms with Crippen LogP contribution in [0.5, 0.6) is 11.5 Å². The standard InChI is InChI=1S/C28H28FN3O4/c1-36-25-17-20(8-9-24(25)33)18-30-12-14-31(15-13-30)23-7-3-6-22-26(23)28(35)32(27(22)34)11-10-19-4-2-5-21(29)16-19/h2-9,16-17,33H,10-15,18H2,1H3. The Morgan fingerprint density at radius 1 is 0.917 bits per heavy atom. The molecule has 0 spiro atoms. The minimum atomic E-state index is -0.333. The minimum absolute atomic E-state index is 0.119. The van der Waals surface area contributed by atoms with Crippen molar-refractivity contribution < 1.29 is 23.8 Å². The quantitative estimate of drug-likeness (QED) is 0.511. The molecule has 1 fully saturated rings. The topological polar surface area (TPSA) is 73.3 Å². The number of fused-ring (bicyclic) bond motifs is 1. The lowest BCUT2D eigenvalue weighted by molar-refractivity contribution is 0.0656. The second kappa shape index (κ2) is 9.99. The van der Waals surface area contributed by atoms with Gasteiger partial charge in [0.05, 0.1) is 23.9 Å². The Balaban J connectivity index is 1.26. The molecule has 0 unspecified atom stereocenters. The van der Waals surface area contributed by atoms with Gasteiger partial charge in [-0.15, -0.1) is 0 Å². The summed E-state index contributed by atoms with van der Waals surface area (Å²) in [6.45, 7) is 3.95. The number of halogens is 1. The maximum Gasteiger partial charge on any atom is 0.263 e. The number of amides is 2. The number of carbonyl (C=O) groups is 2. The molecule has 0 saturated carbocycles. The van der Waals surface area contributed by atoms with E-state index in [1.807, 2.05) is 24.3 Å². The summed E-state index contributed by atoms with van der Waals surface area (Å²) in [6, 6.07) is 17.0. The van der Waals surface area contributed by atoms with Gasteiger partial charge in [-0.1, -0.05) is 24.3 Å². The van der Waals surface area contributed by atoms with Crippen LogP contribution >= 0.6 is 0 Å². The average Bonchev–Trinajstić information content (AvgIpc) is 3.14. The first-order valence-corrected chi connectivity index (χ1v) is 12.0. The zero-order chi connectivity index (χ0) is 25.2. The van der Waals surface area contributed by atoms with E-state index in [1.165, 1.54) is 24.1 Å². The van der Waals surface area contributed by atoms with E-state index in [2.05, 4.69) is 9.80 Å². The van der Waals surface area contributed by atoms with E-state index in [0.717, 1.165) is 49.5 Å². The number of phenolic OH excluding ortho intramolecular Hbond substituents is 1. The van der Waals surface area contributed by atoms with Gasteiger partial charge in [-0.2, -0.15) is 0 Å². The van der Waals surface area contributed by atoms with Crippen molar-refractivity contribution >= 4 is 17.5 Å². The summed E-state index contributed by atoms with van der Waals surface area (Å²) in [5, 5.41) is 9.82. The summed E-state index contributed by atoms with van der Waals surface area (Å²) in [6.07, 6.45) is 0.402. The van der Waals surface area contributed by atoms with Crippen LogP contribution < -0.4 is 9.64 Å². The summed E-state index contributed by atoms with van der Waals surface area (Å²) in [5.74, 6) is -0.348. The lowest BCUT2D eigenvalue weighted by Crippen LogP contribution is -2.46. The van der Waals surface area contributed by atoms with Gasteiger partial charge in [0.15, 0.2) is 11.5 Å². The number of methoxy groups -OCH3 is 1. The third kappa shape index (κ3) is 4.64. The zero-order valence-electron chi connectivity index (χ0n) is 20.1. The maximum absolute atomic E-state index is 13.5. The monoisotopic (exact) mass is 489 g/mol. The van der Waals surface area contributed by atoms with Gasteiger partial charge in [-0.25, -0.2) is 4.39 Å². The van der Waals surface area contributed by atoms with E-state index in [9.17, 15) is 19.1 Å². The van der Waals surface area contributed by atoms with Crippen LogP contribution in [0.25, 0.3) is 0 Å². The van der Waals surface area contributed by atoms with Gasteiger partial charge in [0.1, 0.15) is 5.82 Å². The molecule has 0 aliphatic carbocycles. The van der Waals surface area contributed by atoms with Gasteiger partial charge in [-0.05, 0) is 53.9 Å². The van der Waals surface area contributed by atoms with Crippen LogP contribution in [-0.2, 0) is 13.0 Å². The number of rotatable bonds is 7. The number of carbonyl (C=O) groups excluding carboxylic acids is 2. The Hall–Kier alpha value is -3.91. The normalized spacial score (nSPS) is 15.9. The highest BCUT2D eigenvalue weighted by Crippen LogP contribution is 2.33. The number of piperazine rings is 1. The molecule has 5 rings (SSSR count). The van der Waals surface area contributed by atoms with Crippen molar-refractivity contribution in [2.75, 3.05) is 44.7 Å². The molecular weight excluding hydrogens is 461 g/mol. The largest absolute Gasteiger partial charge is 0.504 e. The van der Waals surface area contributed by atoms with Crippen molar-refractivity contribution in [1.82, 2.24) is 9.80 Å². The Kier molecular flexibility index (Phi) is 6.61. The van der Waals surface area contributed by atoms with Crippen LogP contribution in [0.15, 0.2) is 60.7 Å². The SMILES string of the molecule is COc1cc(CN2CCN(c3cccc4c3C(=O)N(CCc3cccc(F)c3)C4=O)CC2)ccc1O.